The SMILES string of the molecule is COc1nc(C)nc(N2[C@H](C)CN(c3ccnc([C@H](C)O)n3)C[C@@H]2C)n1. The second kappa shape index (κ2) is 7.36. The van der Waals surface area contributed by atoms with Crippen LogP contribution in [0.25, 0.3) is 0 Å². The van der Waals surface area contributed by atoms with E-state index in [0.29, 0.717) is 23.6 Å². The fourth-order valence-electron chi connectivity index (χ4n) is 3.30. The third kappa shape index (κ3) is 3.67. The summed E-state index contributed by atoms with van der Waals surface area (Å²) in [5.74, 6) is 2.51. The minimum absolute atomic E-state index is 0.162. The van der Waals surface area contributed by atoms with Gasteiger partial charge >= 0.3 is 6.01 Å². The molecule has 9 nitrogen and oxygen atoms in total. The van der Waals surface area contributed by atoms with Crippen molar-refractivity contribution in [3.63, 3.8) is 0 Å². The Kier molecular flexibility index (Phi) is 5.17. The summed E-state index contributed by atoms with van der Waals surface area (Å²) in [5, 5.41) is 9.73. The lowest BCUT2D eigenvalue weighted by molar-refractivity contribution is 0.189. The van der Waals surface area contributed by atoms with Gasteiger partial charge in [-0.25, -0.2) is 9.97 Å². The van der Waals surface area contributed by atoms with Crippen LogP contribution >= 0.6 is 0 Å². The molecule has 0 saturated carbocycles. The quantitative estimate of drug-likeness (QED) is 0.861. The Morgan fingerprint density at radius 2 is 1.85 bits per heavy atom. The maximum absolute atomic E-state index is 9.73. The lowest BCUT2D eigenvalue weighted by atomic mass is 10.1. The molecule has 1 aliphatic rings. The molecule has 2 aromatic heterocycles. The first kappa shape index (κ1) is 18.2. The topological polar surface area (TPSA) is 100 Å². The molecule has 26 heavy (non-hydrogen) atoms. The predicted molar refractivity (Wildman–Crippen MR) is 97.4 cm³/mol. The van der Waals surface area contributed by atoms with Crippen molar-refractivity contribution in [2.75, 3.05) is 30.0 Å². The zero-order valence-corrected chi connectivity index (χ0v) is 15.8. The number of piperazine rings is 1. The molecule has 0 aromatic carbocycles. The normalized spacial score (nSPS) is 21.6. The summed E-state index contributed by atoms with van der Waals surface area (Å²) in [6.45, 7) is 9.27. The predicted octanol–water partition coefficient (Wildman–Crippen LogP) is 1.14. The molecular weight excluding hydrogens is 334 g/mol. The molecule has 1 fully saturated rings. The molecule has 2 aromatic rings. The van der Waals surface area contributed by atoms with Gasteiger partial charge in [0.05, 0.1) is 7.11 Å². The number of ether oxygens (including phenoxy) is 1. The molecule has 1 aliphatic heterocycles. The van der Waals surface area contributed by atoms with E-state index >= 15 is 0 Å². The first-order valence-electron chi connectivity index (χ1n) is 8.70. The molecule has 1 N–H and O–H groups in total. The summed E-state index contributed by atoms with van der Waals surface area (Å²) in [7, 11) is 1.55. The Labute approximate surface area is 153 Å². The van der Waals surface area contributed by atoms with Gasteiger partial charge in [-0.05, 0) is 33.8 Å². The fourth-order valence-corrected chi connectivity index (χ4v) is 3.30. The highest BCUT2D eigenvalue weighted by atomic mass is 16.5. The number of aromatic nitrogens is 5. The third-order valence-corrected chi connectivity index (χ3v) is 4.40. The Hall–Kier alpha value is -2.55. The van der Waals surface area contributed by atoms with Crippen LogP contribution in [0.2, 0.25) is 0 Å². The van der Waals surface area contributed by atoms with Crippen molar-refractivity contribution in [1.29, 1.82) is 0 Å². The Balaban J connectivity index is 1.84. The molecule has 3 heterocycles. The highest BCUT2D eigenvalue weighted by Gasteiger charge is 2.32. The monoisotopic (exact) mass is 359 g/mol. The summed E-state index contributed by atoms with van der Waals surface area (Å²) in [6.07, 6.45) is 0.999. The zero-order chi connectivity index (χ0) is 18.8. The van der Waals surface area contributed by atoms with Crippen molar-refractivity contribution in [2.45, 2.75) is 45.9 Å². The summed E-state index contributed by atoms with van der Waals surface area (Å²) in [4.78, 5) is 26.1. The van der Waals surface area contributed by atoms with Crippen LogP contribution in [0.3, 0.4) is 0 Å². The number of rotatable bonds is 4. The number of aryl methyl sites for hydroxylation is 1. The van der Waals surface area contributed by atoms with Crippen LogP contribution in [0.5, 0.6) is 6.01 Å². The molecule has 3 rings (SSSR count). The van der Waals surface area contributed by atoms with E-state index in [2.05, 4.69) is 48.6 Å². The van der Waals surface area contributed by atoms with E-state index < -0.39 is 6.10 Å². The van der Waals surface area contributed by atoms with Crippen molar-refractivity contribution in [3.8, 4) is 6.01 Å². The summed E-state index contributed by atoms with van der Waals surface area (Å²) >= 11 is 0. The first-order chi connectivity index (χ1) is 12.4. The molecule has 0 unspecified atom stereocenters. The van der Waals surface area contributed by atoms with E-state index in [4.69, 9.17) is 4.74 Å². The van der Waals surface area contributed by atoms with Gasteiger partial charge < -0.3 is 19.6 Å². The van der Waals surface area contributed by atoms with Crippen molar-refractivity contribution in [1.82, 2.24) is 24.9 Å². The van der Waals surface area contributed by atoms with Crippen LogP contribution in [-0.4, -0.2) is 62.3 Å². The van der Waals surface area contributed by atoms with Crippen LogP contribution < -0.4 is 14.5 Å². The van der Waals surface area contributed by atoms with Gasteiger partial charge in [-0.2, -0.15) is 15.0 Å². The second-order valence-electron chi connectivity index (χ2n) is 6.63. The van der Waals surface area contributed by atoms with Gasteiger partial charge in [0.2, 0.25) is 5.95 Å². The highest BCUT2D eigenvalue weighted by Crippen LogP contribution is 2.25. The molecule has 0 radical (unpaired) electrons. The average molecular weight is 359 g/mol. The number of anilines is 2. The second-order valence-corrected chi connectivity index (χ2v) is 6.63. The average Bonchev–Trinajstić information content (AvgIpc) is 2.60. The standard InChI is InChI=1S/C17H25N7O2/c1-10-8-23(14-6-7-18-15(21-14)12(3)25)9-11(2)24(10)16-19-13(4)20-17(22-16)26-5/h6-7,10-12,25H,8-9H2,1-5H3/t10-,11+,12-/m0/s1. The minimum Gasteiger partial charge on any atom is -0.467 e. The molecular formula is C17H25N7O2. The van der Waals surface area contributed by atoms with Crippen LogP contribution in [0.15, 0.2) is 12.3 Å². The molecule has 9 heteroatoms. The third-order valence-electron chi connectivity index (χ3n) is 4.40. The molecule has 0 aliphatic carbocycles. The lowest BCUT2D eigenvalue weighted by Gasteiger charge is -2.44. The summed E-state index contributed by atoms with van der Waals surface area (Å²) < 4.78 is 5.18. The summed E-state index contributed by atoms with van der Waals surface area (Å²) in [5.41, 5.74) is 0. The van der Waals surface area contributed by atoms with Gasteiger partial charge in [-0.15, -0.1) is 0 Å². The maximum atomic E-state index is 9.73. The van der Waals surface area contributed by atoms with Gasteiger partial charge in [0.25, 0.3) is 0 Å². The Morgan fingerprint density at radius 3 is 2.46 bits per heavy atom. The molecule has 1 saturated heterocycles. The number of nitrogens with zero attached hydrogens (tertiary/aromatic N) is 7. The Bertz CT molecular complexity index is 759. The van der Waals surface area contributed by atoms with Crippen LogP contribution in [0.4, 0.5) is 11.8 Å². The van der Waals surface area contributed by atoms with Crippen molar-refractivity contribution < 1.29 is 9.84 Å². The fraction of sp³-hybridized carbons (Fsp3) is 0.588. The largest absolute Gasteiger partial charge is 0.467 e. The lowest BCUT2D eigenvalue weighted by Crippen LogP contribution is -2.58. The number of aliphatic hydroxyl groups excluding tert-OH is 1. The first-order valence-corrected chi connectivity index (χ1v) is 8.70. The van der Waals surface area contributed by atoms with E-state index in [0.717, 1.165) is 18.9 Å². The highest BCUT2D eigenvalue weighted by molar-refractivity contribution is 5.45. The van der Waals surface area contributed by atoms with E-state index in [9.17, 15) is 5.11 Å². The van der Waals surface area contributed by atoms with Gasteiger partial charge in [-0.1, -0.05) is 0 Å². The number of methoxy groups -OCH3 is 1. The van der Waals surface area contributed by atoms with E-state index in [1.54, 1.807) is 20.2 Å². The molecule has 140 valence electrons. The molecule has 0 bridgehead atoms. The number of hydrogen-bond donors (Lipinski definition) is 1. The molecule has 3 atom stereocenters. The maximum Gasteiger partial charge on any atom is 0.321 e. The van der Waals surface area contributed by atoms with Gasteiger partial charge in [0, 0.05) is 31.4 Å². The van der Waals surface area contributed by atoms with Crippen molar-refractivity contribution in [3.05, 3.63) is 23.9 Å². The van der Waals surface area contributed by atoms with Crippen molar-refractivity contribution >= 4 is 11.8 Å². The van der Waals surface area contributed by atoms with E-state index in [-0.39, 0.29) is 12.1 Å². The smallest absolute Gasteiger partial charge is 0.321 e. The molecule has 0 spiro atoms. The van der Waals surface area contributed by atoms with Crippen LogP contribution in [0.1, 0.15) is 38.5 Å². The van der Waals surface area contributed by atoms with Crippen molar-refractivity contribution in [2.24, 2.45) is 0 Å². The van der Waals surface area contributed by atoms with E-state index in [1.165, 1.54) is 0 Å². The zero-order valence-electron chi connectivity index (χ0n) is 15.8. The number of hydrogen-bond acceptors (Lipinski definition) is 9. The number of aliphatic hydroxyl groups is 1. The minimum atomic E-state index is -0.688. The van der Waals surface area contributed by atoms with Gasteiger partial charge in [0.15, 0.2) is 5.82 Å². The van der Waals surface area contributed by atoms with Gasteiger partial charge in [0.1, 0.15) is 17.7 Å². The van der Waals surface area contributed by atoms with E-state index in [1.807, 2.05) is 13.0 Å². The Morgan fingerprint density at radius 1 is 1.15 bits per heavy atom. The van der Waals surface area contributed by atoms with Crippen LogP contribution in [0, 0.1) is 6.92 Å². The van der Waals surface area contributed by atoms with Crippen LogP contribution in [-0.2, 0) is 0 Å². The van der Waals surface area contributed by atoms with Gasteiger partial charge in [-0.3, -0.25) is 0 Å². The molecule has 0 amide bonds. The summed E-state index contributed by atoms with van der Waals surface area (Å²) in [6, 6.07) is 2.52.